The highest BCUT2D eigenvalue weighted by Gasteiger charge is 2.28. The van der Waals surface area contributed by atoms with E-state index in [1.807, 2.05) is 31.2 Å². The highest BCUT2D eigenvalue weighted by molar-refractivity contribution is 5.95. The van der Waals surface area contributed by atoms with Gasteiger partial charge in [-0.1, -0.05) is 0 Å². The molecule has 2 N–H and O–H groups in total. The number of nitrogens with zero attached hydrogens (tertiary/aromatic N) is 3. The zero-order valence-corrected chi connectivity index (χ0v) is 14.4. The van der Waals surface area contributed by atoms with E-state index >= 15 is 0 Å². The van der Waals surface area contributed by atoms with Crippen LogP contribution in [0.4, 0.5) is 5.69 Å². The van der Waals surface area contributed by atoms with Crippen molar-refractivity contribution < 1.29 is 9.53 Å². The smallest absolute Gasteiger partial charge is 0.244 e. The lowest BCUT2D eigenvalue weighted by molar-refractivity contribution is -0.123. The molecule has 2 aromatic rings. The number of ether oxygens (including phenoxy) is 1. The number of amides is 1. The second kappa shape index (κ2) is 6.93. The van der Waals surface area contributed by atoms with E-state index in [-0.39, 0.29) is 18.1 Å². The fraction of sp³-hybridized carbons (Fsp3) is 0.500. The standard InChI is InChI=1S/C18H23N5O2/c1-12-16(19-9-11-25-12)18(24)20-14-7-5-13(6-8-14)17-22-21-15-4-2-3-10-23(15)17/h5-8,12,16,19H,2-4,9-11H2,1H3,(H,20,24)/t12-,16+/m1/s1. The molecule has 1 aromatic carbocycles. The van der Waals surface area contributed by atoms with Gasteiger partial charge in [0.25, 0.3) is 0 Å². The van der Waals surface area contributed by atoms with Crippen LogP contribution in [0.2, 0.25) is 0 Å². The molecule has 2 aliphatic heterocycles. The number of fused-ring (bicyclic) bond motifs is 1. The molecule has 3 heterocycles. The van der Waals surface area contributed by atoms with Gasteiger partial charge in [-0.15, -0.1) is 10.2 Å². The third-order valence-electron chi connectivity index (χ3n) is 4.87. The van der Waals surface area contributed by atoms with Crippen LogP contribution < -0.4 is 10.6 Å². The van der Waals surface area contributed by atoms with E-state index in [2.05, 4.69) is 25.4 Å². The van der Waals surface area contributed by atoms with Crippen molar-refractivity contribution in [3.63, 3.8) is 0 Å². The summed E-state index contributed by atoms with van der Waals surface area (Å²) in [5, 5.41) is 14.8. The first-order valence-electron chi connectivity index (χ1n) is 8.91. The number of hydrogen-bond acceptors (Lipinski definition) is 5. The Morgan fingerprint density at radius 3 is 2.92 bits per heavy atom. The predicted molar refractivity (Wildman–Crippen MR) is 94.2 cm³/mol. The lowest BCUT2D eigenvalue weighted by atomic mass is 10.1. The molecule has 4 rings (SSSR count). The largest absolute Gasteiger partial charge is 0.375 e. The lowest BCUT2D eigenvalue weighted by Crippen LogP contribution is -2.53. The summed E-state index contributed by atoms with van der Waals surface area (Å²) in [4.78, 5) is 12.4. The number of carbonyl (C=O) groups is 1. The first-order chi connectivity index (χ1) is 12.2. The number of aromatic nitrogens is 3. The Kier molecular flexibility index (Phi) is 4.50. The van der Waals surface area contributed by atoms with Crippen molar-refractivity contribution in [2.75, 3.05) is 18.5 Å². The molecule has 0 saturated carbocycles. The van der Waals surface area contributed by atoms with Gasteiger partial charge in [0.15, 0.2) is 5.82 Å². The maximum absolute atomic E-state index is 12.4. The Morgan fingerprint density at radius 2 is 2.12 bits per heavy atom. The summed E-state index contributed by atoms with van der Waals surface area (Å²) in [6, 6.07) is 7.46. The van der Waals surface area contributed by atoms with Gasteiger partial charge in [-0.2, -0.15) is 0 Å². The molecule has 2 atom stereocenters. The van der Waals surface area contributed by atoms with Crippen molar-refractivity contribution in [3.8, 4) is 11.4 Å². The molecule has 1 aromatic heterocycles. The molecule has 0 spiro atoms. The number of hydrogen-bond donors (Lipinski definition) is 2. The summed E-state index contributed by atoms with van der Waals surface area (Å²) in [5.74, 6) is 1.90. The Morgan fingerprint density at radius 1 is 1.28 bits per heavy atom. The van der Waals surface area contributed by atoms with Gasteiger partial charge in [0.05, 0.1) is 12.7 Å². The van der Waals surface area contributed by atoms with Crippen molar-refractivity contribution >= 4 is 11.6 Å². The third kappa shape index (κ3) is 3.29. The van der Waals surface area contributed by atoms with E-state index in [0.717, 1.165) is 35.9 Å². The van der Waals surface area contributed by atoms with Gasteiger partial charge in [0.1, 0.15) is 11.9 Å². The number of anilines is 1. The average Bonchev–Trinajstić information content (AvgIpc) is 3.07. The van der Waals surface area contributed by atoms with Crippen molar-refractivity contribution in [2.24, 2.45) is 0 Å². The van der Waals surface area contributed by atoms with Crippen LogP contribution in [0.5, 0.6) is 0 Å². The summed E-state index contributed by atoms with van der Waals surface area (Å²) in [6.45, 7) is 4.22. The number of aryl methyl sites for hydroxylation is 1. The van der Waals surface area contributed by atoms with Crippen LogP contribution >= 0.6 is 0 Å². The second-order valence-electron chi connectivity index (χ2n) is 6.62. The van der Waals surface area contributed by atoms with Crippen molar-refractivity contribution in [3.05, 3.63) is 30.1 Å². The maximum Gasteiger partial charge on any atom is 0.244 e. The molecule has 0 unspecified atom stereocenters. The molecule has 0 bridgehead atoms. The minimum Gasteiger partial charge on any atom is -0.375 e. The monoisotopic (exact) mass is 341 g/mol. The average molecular weight is 341 g/mol. The number of carbonyl (C=O) groups excluding carboxylic acids is 1. The minimum absolute atomic E-state index is 0.0696. The fourth-order valence-corrected chi connectivity index (χ4v) is 3.47. The van der Waals surface area contributed by atoms with Crippen molar-refractivity contribution in [1.29, 1.82) is 0 Å². The van der Waals surface area contributed by atoms with Gasteiger partial charge in [-0.25, -0.2) is 0 Å². The molecule has 1 fully saturated rings. The number of nitrogens with one attached hydrogen (secondary N) is 2. The molecule has 0 aliphatic carbocycles. The molecular weight excluding hydrogens is 318 g/mol. The quantitative estimate of drug-likeness (QED) is 0.886. The molecule has 1 saturated heterocycles. The van der Waals surface area contributed by atoms with Gasteiger partial charge < -0.3 is 19.9 Å². The van der Waals surface area contributed by atoms with E-state index in [0.29, 0.717) is 13.2 Å². The van der Waals surface area contributed by atoms with Crippen LogP contribution in [-0.2, 0) is 22.5 Å². The number of morpholine rings is 1. The van der Waals surface area contributed by atoms with Crippen LogP contribution in [0.15, 0.2) is 24.3 Å². The summed E-state index contributed by atoms with van der Waals surface area (Å²) < 4.78 is 7.73. The fourth-order valence-electron chi connectivity index (χ4n) is 3.47. The Labute approximate surface area is 146 Å². The van der Waals surface area contributed by atoms with Gasteiger partial charge in [0, 0.05) is 30.8 Å². The molecule has 7 nitrogen and oxygen atoms in total. The van der Waals surface area contributed by atoms with Crippen LogP contribution in [0.3, 0.4) is 0 Å². The first-order valence-corrected chi connectivity index (χ1v) is 8.91. The topological polar surface area (TPSA) is 81.1 Å². The molecule has 2 aliphatic rings. The number of benzene rings is 1. The third-order valence-corrected chi connectivity index (χ3v) is 4.87. The van der Waals surface area contributed by atoms with E-state index in [1.165, 1.54) is 12.8 Å². The van der Waals surface area contributed by atoms with E-state index in [1.54, 1.807) is 0 Å². The second-order valence-corrected chi connectivity index (χ2v) is 6.62. The Balaban J connectivity index is 1.47. The summed E-state index contributed by atoms with van der Waals surface area (Å²) in [7, 11) is 0. The summed E-state index contributed by atoms with van der Waals surface area (Å²) >= 11 is 0. The highest BCUT2D eigenvalue weighted by Crippen LogP contribution is 2.24. The minimum atomic E-state index is -0.322. The Hall–Kier alpha value is -2.25. The summed E-state index contributed by atoms with van der Waals surface area (Å²) in [5.41, 5.74) is 1.79. The predicted octanol–water partition coefficient (Wildman–Crippen LogP) is 1.60. The van der Waals surface area contributed by atoms with E-state index in [9.17, 15) is 4.79 Å². The summed E-state index contributed by atoms with van der Waals surface area (Å²) in [6.07, 6.45) is 3.22. The zero-order chi connectivity index (χ0) is 17.2. The highest BCUT2D eigenvalue weighted by atomic mass is 16.5. The van der Waals surface area contributed by atoms with Crippen LogP contribution in [0.1, 0.15) is 25.6 Å². The molecular formula is C18H23N5O2. The van der Waals surface area contributed by atoms with Crippen LogP contribution in [0.25, 0.3) is 11.4 Å². The van der Waals surface area contributed by atoms with Crippen molar-refractivity contribution in [1.82, 2.24) is 20.1 Å². The molecule has 25 heavy (non-hydrogen) atoms. The van der Waals surface area contributed by atoms with Crippen molar-refractivity contribution in [2.45, 2.75) is 44.9 Å². The zero-order valence-electron chi connectivity index (χ0n) is 14.4. The lowest BCUT2D eigenvalue weighted by Gasteiger charge is -2.29. The molecule has 1 amide bonds. The maximum atomic E-state index is 12.4. The van der Waals surface area contributed by atoms with E-state index < -0.39 is 0 Å². The van der Waals surface area contributed by atoms with Gasteiger partial charge >= 0.3 is 0 Å². The van der Waals surface area contributed by atoms with Gasteiger partial charge in [-0.3, -0.25) is 4.79 Å². The Bertz CT molecular complexity index is 755. The molecule has 7 heteroatoms. The normalized spacial score (nSPS) is 23.1. The SMILES string of the molecule is C[C@H]1OCCN[C@@H]1C(=O)Nc1ccc(-c2nnc3n2CCCC3)cc1. The van der Waals surface area contributed by atoms with E-state index in [4.69, 9.17) is 4.74 Å². The number of rotatable bonds is 3. The van der Waals surface area contributed by atoms with Gasteiger partial charge in [0.2, 0.25) is 5.91 Å². The van der Waals surface area contributed by atoms with Crippen LogP contribution in [-0.4, -0.2) is 46.0 Å². The van der Waals surface area contributed by atoms with Gasteiger partial charge in [-0.05, 0) is 44.0 Å². The molecule has 132 valence electrons. The first kappa shape index (κ1) is 16.2. The molecule has 0 radical (unpaired) electrons. The van der Waals surface area contributed by atoms with Crippen LogP contribution in [0, 0.1) is 0 Å².